The number of amides is 4. The molecule has 5 heterocycles. The summed E-state index contributed by atoms with van der Waals surface area (Å²) < 4.78 is 15.8. The van der Waals surface area contributed by atoms with Crippen molar-refractivity contribution < 1.29 is 33.4 Å². The molecule has 58 heavy (non-hydrogen) atoms. The van der Waals surface area contributed by atoms with Crippen molar-refractivity contribution in [3.05, 3.63) is 72.6 Å². The summed E-state index contributed by atoms with van der Waals surface area (Å²) in [5, 5.41) is 5.43. The molecule has 2 aromatic heterocycles. The molecule has 0 bridgehead atoms. The number of likely N-dealkylation sites (tertiary alicyclic amines) is 2. The highest BCUT2D eigenvalue weighted by molar-refractivity contribution is 5.87. The molecule has 4 amide bonds. The van der Waals surface area contributed by atoms with Crippen LogP contribution in [0.2, 0.25) is 0 Å². The van der Waals surface area contributed by atoms with Crippen molar-refractivity contribution in [2.75, 3.05) is 33.9 Å². The van der Waals surface area contributed by atoms with Gasteiger partial charge in [-0.3, -0.25) is 9.59 Å². The Kier molecular flexibility index (Phi) is 11.9. The van der Waals surface area contributed by atoms with Crippen molar-refractivity contribution in [2.45, 2.75) is 89.6 Å². The van der Waals surface area contributed by atoms with E-state index in [2.05, 4.69) is 62.0 Å². The fourth-order valence-electron chi connectivity index (χ4n) is 8.53. The molecule has 3 saturated heterocycles. The molecule has 15 nitrogen and oxygen atoms in total. The molecule has 3 aliphatic heterocycles. The zero-order chi connectivity index (χ0) is 41.1. The Labute approximate surface area is 338 Å². The van der Waals surface area contributed by atoms with Gasteiger partial charge in [-0.25, -0.2) is 19.6 Å². The molecule has 4 aromatic rings. The summed E-state index contributed by atoms with van der Waals surface area (Å²) in [5.74, 6) is 0.816. The summed E-state index contributed by atoms with van der Waals surface area (Å²) in [4.78, 5) is 71.7. The van der Waals surface area contributed by atoms with Gasteiger partial charge in [0.2, 0.25) is 11.8 Å². The number of carbonyl (C=O) groups is 4. The number of methoxy groups -OCH3 is 2. The van der Waals surface area contributed by atoms with E-state index in [0.717, 1.165) is 65.1 Å². The van der Waals surface area contributed by atoms with Crippen LogP contribution in [0.5, 0.6) is 0 Å². The van der Waals surface area contributed by atoms with Crippen LogP contribution in [-0.4, -0.2) is 105 Å². The van der Waals surface area contributed by atoms with Crippen LogP contribution in [0, 0.1) is 11.8 Å². The largest absolute Gasteiger partial charge is 0.453 e. The number of benzene rings is 2. The molecular weight excluding hydrogens is 741 g/mol. The lowest BCUT2D eigenvalue weighted by molar-refractivity contribution is -0.136. The summed E-state index contributed by atoms with van der Waals surface area (Å²) in [6.07, 6.45) is 6.38. The van der Waals surface area contributed by atoms with E-state index >= 15 is 0 Å². The number of nitrogens with one attached hydrogen (secondary N) is 4. The van der Waals surface area contributed by atoms with Crippen molar-refractivity contribution in [2.24, 2.45) is 11.8 Å². The third-order valence-corrected chi connectivity index (χ3v) is 11.7. The molecule has 3 aliphatic rings. The number of imidazole rings is 2. The molecule has 0 radical (unpaired) electrons. The predicted octanol–water partition coefficient (Wildman–Crippen LogP) is 6.38. The number of aromatic nitrogens is 4. The molecule has 1 spiro atoms. The van der Waals surface area contributed by atoms with Crippen molar-refractivity contribution >= 4 is 24.0 Å². The Bertz CT molecular complexity index is 2090. The Morgan fingerprint density at radius 3 is 1.67 bits per heavy atom. The first-order valence-corrected chi connectivity index (χ1v) is 20.1. The number of rotatable bonds is 11. The smallest absolute Gasteiger partial charge is 0.407 e. The second kappa shape index (κ2) is 17.0. The van der Waals surface area contributed by atoms with Gasteiger partial charge in [0.25, 0.3) is 0 Å². The quantitative estimate of drug-likeness (QED) is 0.134. The highest BCUT2D eigenvalue weighted by atomic mass is 16.5. The van der Waals surface area contributed by atoms with E-state index < -0.39 is 29.9 Å². The van der Waals surface area contributed by atoms with Gasteiger partial charge in [-0.15, -0.1) is 0 Å². The van der Waals surface area contributed by atoms with Crippen LogP contribution < -0.4 is 10.6 Å². The number of H-pyrrole nitrogens is 2. The molecule has 15 heteroatoms. The summed E-state index contributed by atoms with van der Waals surface area (Å²) in [7, 11) is 2.58. The minimum Gasteiger partial charge on any atom is -0.453 e. The first-order chi connectivity index (χ1) is 27.9. The second-order valence-corrected chi connectivity index (χ2v) is 16.2. The van der Waals surface area contributed by atoms with E-state index in [4.69, 9.17) is 19.2 Å². The number of carbonyl (C=O) groups excluding carboxylic acids is 4. The number of hydrogen-bond acceptors (Lipinski definition) is 9. The van der Waals surface area contributed by atoms with Crippen LogP contribution in [0.15, 0.2) is 60.9 Å². The lowest BCUT2D eigenvalue weighted by Crippen LogP contribution is -2.51. The summed E-state index contributed by atoms with van der Waals surface area (Å²) in [6.45, 7) is 9.28. The monoisotopic (exact) mass is 794 g/mol. The second-order valence-electron chi connectivity index (χ2n) is 16.2. The fraction of sp³-hybridized carbons (Fsp3) is 0.488. The SMILES string of the molecule is COC(=O)N[C@H](C(=O)N1CCC[C@H]1c1ncc(-c2ccc(-c3ccc(-c4cnc([C@@H]5C[C@@]6(CCCO6)CN5C(=O)[C@@H](NC(=O)OC)C(C)C)[nH]4)cc3)cc2)[nH]1)C(C)C. The molecule has 0 unspecified atom stereocenters. The maximum Gasteiger partial charge on any atom is 0.407 e. The molecule has 3 fully saturated rings. The van der Waals surface area contributed by atoms with Crippen LogP contribution in [-0.2, 0) is 23.8 Å². The van der Waals surface area contributed by atoms with Gasteiger partial charge in [0.15, 0.2) is 0 Å². The maximum atomic E-state index is 14.0. The lowest BCUT2D eigenvalue weighted by Gasteiger charge is -2.30. The van der Waals surface area contributed by atoms with E-state index in [1.165, 1.54) is 14.2 Å². The first kappa shape index (κ1) is 40.5. The van der Waals surface area contributed by atoms with E-state index in [9.17, 15) is 19.2 Å². The van der Waals surface area contributed by atoms with E-state index in [-0.39, 0.29) is 35.7 Å². The van der Waals surface area contributed by atoms with Gasteiger partial charge in [0.1, 0.15) is 23.7 Å². The van der Waals surface area contributed by atoms with Crippen LogP contribution in [0.1, 0.15) is 83.5 Å². The first-order valence-electron chi connectivity index (χ1n) is 20.1. The van der Waals surface area contributed by atoms with E-state index in [1.807, 2.05) is 44.7 Å². The lowest BCUT2D eigenvalue weighted by atomic mass is 9.96. The Morgan fingerprint density at radius 1 is 0.724 bits per heavy atom. The summed E-state index contributed by atoms with van der Waals surface area (Å²) in [6, 6.07) is 14.5. The van der Waals surface area contributed by atoms with Gasteiger partial charge in [0.05, 0.1) is 62.2 Å². The zero-order valence-electron chi connectivity index (χ0n) is 34.0. The molecule has 4 N–H and O–H groups in total. The molecule has 2 aromatic carbocycles. The highest BCUT2D eigenvalue weighted by Crippen LogP contribution is 2.45. The van der Waals surface area contributed by atoms with Gasteiger partial charge in [-0.05, 0) is 59.8 Å². The third-order valence-electron chi connectivity index (χ3n) is 11.7. The number of alkyl carbamates (subject to hydrolysis) is 2. The standard InChI is InChI=1S/C43H54N8O7/c1-25(2)35(48-41(54)56-5)39(52)50-19-7-9-33(50)37-44-22-31(46-37)29-14-10-27(11-15-29)28-12-16-30(17-13-28)32-23-45-38(47-32)34-21-43(18-8-20-58-43)24-51(34)40(53)36(26(3)4)49-42(55)57-6/h10-17,22-23,25-26,33-36H,7-9,18-21,24H2,1-6H3,(H,44,46)(H,45,47)(H,48,54)(H,49,55)/t33-,34-,35-,36-,43-/m0/s1. The maximum absolute atomic E-state index is 14.0. The Morgan fingerprint density at radius 2 is 1.21 bits per heavy atom. The molecular formula is C43H54N8O7. The Hall–Kier alpha value is -5.70. The van der Waals surface area contributed by atoms with Crippen molar-refractivity contribution in [1.29, 1.82) is 0 Å². The minimum atomic E-state index is -0.749. The molecule has 0 saturated carbocycles. The molecule has 308 valence electrons. The zero-order valence-corrected chi connectivity index (χ0v) is 34.0. The number of ether oxygens (including phenoxy) is 3. The van der Waals surface area contributed by atoms with E-state index in [1.54, 1.807) is 17.3 Å². The van der Waals surface area contributed by atoms with Crippen LogP contribution in [0.4, 0.5) is 9.59 Å². The third kappa shape index (κ3) is 8.31. The number of aromatic amines is 2. The molecule has 0 aliphatic carbocycles. The van der Waals surface area contributed by atoms with Gasteiger partial charge < -0.3 is 44.6 Å². The molecule has 5 atom stereocenters. The topological polar surface area (TPSA) is 184 Å². The fourth-order valence-corrected chi connectivity index (χ4v) is 8.53. The normalized spacial score (nSPS) is 21.4. The number of hydrogen-bond donors (Lipinski definition) is 4. The van der Waals surface area contributed by atoms with Crippen LogP contribution in [0.3, 0.4) is 0 Å². The van der Waals surface area contributed by atoms with Crippen molar-refractivity contribution in [3.8, 4) is 33.6 Å². The number of nitrogens with zero attached hydrogens (tertiary/aromatic N) is 4. The van der Waals surface area contributed by atoms with Gasteiger partial charge >= 0.3 is 12.2 Å². The average Bonchev–Trinajstić information content (AvgIpc) is 4.09. The van der Waals surface area contributed by atoms with E-state index in [0.29, 0.717) is 31.9 Å². The predicted molar refractivity (Wildman–Crippen MR) is 216 cm³/mol. The average molecular weight is 795 g/mol. The van der Waals surface area contributed by atoms with Crippen molar-refractivity contribution in [3.63, 3.8) is 0 Å². The van der Waals surface area contributed by atoms with Crippen LogP contribution in [0.25, 0.3) is 33.6 Å². The Balaban J connectivity index is 1.03. The van der Waals surface area contributed by atoms with Gasteiger partial charge in [-0.2, -0.15) is 0 Å². The summed E-state index contributed by atoms with van der Waals surface area (Å²) in [5.41, 5.74) is 5.28. The minimum absolute atomic E-state index is 0.109. The van der Waals surface area contributed by atoms with Gasteiger partial charge in [0, 0.05) is 19.6 Å². The van der Waals surface area contributed by atoms with Crippen molar-refractivity contribution in [1.82, 2.24) is 40.4 Å². The van der Waals surface area contributed by atoms with Crippen LogP contribution >= 0.6 is 0 Å². The highest BCUT2D eigenvalue weighted by Gasteiger charge is 2.51. The summed E-state index contributed by atoms with van der Waals surface area (Å²) >= 11 is 0. The molecule has 7 rings (SSSR count). The van der Waals surface area contributed by atoms with Gasteiger partial charge in [-0.1, -0.05) is 76.2 Å².